The third-order valence-corrected chi connectivity index (χ3v) is 2.06. The summed E-state index contributed by atoms with van der Waals surface area (Å²) >= 11 is 0. The lowest BCUT2D eigenvalue weighted by Crippen LogP contribution is -2.19. The van der Waals surface area contributed by atoms with Crippen LogP contribution in [0, 0.1) is 0 Å². The van der Waals surface area contributed by atoms with E-state index in [1.165, 1.54) is 0 Å². The smallest absolute Gasteiger partial charge is 0.305 e. The lowest BCUT2D eigenvalue weighted by molar-refractivity contribution is -0.137. The number of rotatable bonds is 5. The summed E-state index contributed by atoms with van der Waals surface area (Å²) in [6, 6.07) is 6.41. The first-order chi connectivity index (χ1) is 7.49. The summed E-state index contributed by atoms with van der Waals surface area (Å²) < 4.78 is 0. The average Bonchev–Trinajstić information content (AvgIpc) is 2.16. The molecule has 5 heteroatoms. The summed E-state index contributed by atoms with van der Waals surface area (Å²) in [6.07, 6.45) is 0.0393. The first kappa shape index (κ1) is 12.0. The van der Waals surface area contributed by atoms with Gasteiger partial charge in [-0.15, -0.1) is 0 Å². The van der Waals surface area contributed by atoms with Crippen LogP contribution in [0.5, 0.6) is 0 Å². The Morgan fingerprint density at radius 3 is 2.38 bits per heavy atom. The lowest BCUT2D eigenvalue weighted by Gasteiger charge is -2.12. The van der Waals surface area contributed by atoms with Gasteiger partial charge in [0.25, 0.3) is 0 Å². The van der Waals surface area contributed by atoms with Gasteiger partial charge in [-0.2, -0.15) is 0 Å². The topological polar surface area (TPSA) is 92.4 Å². The van der Waals surface area contributed by atoms with Gasteiger partial charge in [-0.05, 0) is 31.2 Å². The monoisotopic (exact) mass is 222 g/mol. The van der Waals surface area contributed by atoms with Crippen LogP contribution in [-0.4, -0.2) is 23.0 Å². The fourth-order valence-corrected chi connectivity index (χ4v) is 1.33. The van der Waals surface area contributed by atoms with Crippen molar-refractivity contribution in [1.82, 2.24) is 0 Å². The highest BCUT2D eigenvalue weighted by atomic mass is 16.4. The van der Waals surface area contributed by atoms with E-state index >= 15 is 0 Å². The molecule has 0 bridgehead atoms. The molecule has 0 saturated heterocycles. The first-order valence-electron chi connectivity index (χ1n) is 4.87. The van der Waals surface area contributed by atoms with Crippen molar-refractivity contribution in [2.45, 2.75) is 19.4 Å². The summed E-state index contributed by atoms with van der Waals surface area (Å²) in [7, 11) is 0. The molecule has 0 aromatic heterocycles. The van der Waals surface area contributed by atoms with Gasteiger partial charge in [-0.25, -0.2) is 0 Å². The number of aliphatic carboxylic acids is 1. The molecule has 0 heterocycles. The Balaban J connectivity index is 2.61. The number of benzene rings is 1. The van der Waals surface area contributed by atoms with Gasteiger partial charge in [0.05, 0.1) is 6.42 Å². The molecule has 4 N–H and O–H groups in total. The van der Waals surface area contributed by atoms with E-state index in [2.05, 4.69) is 5.32 Å². The van der Waals surface area contributed by atoms with Crippen molar-refractivity contribution in [3.05, 3.63) is 29.8 Å². The van der Waals surface area contributed by atoms with Gasteiger partial charge in [0.2, 0.25) is 5.91 Å². The highest BCUT2D eigenvalue weighted by Crippen LogP contribution is 2.11. The van der Waals surface area contributed by atoms with Crippen molar-refractivity contribution in [2.24, 2.45) is 5.73 Å². The third-order valence-electron chi connectivity index (χ3n) is 2.06. The number of nitrogens with two attached hydrogens (primary N) is 1. The molecule has 0 aliphatic heterocycles. The highest BCUT2D eigenvalue weighted by Gasteiger charge is 2.07. The van der Waals surface area contributed by atoms with Crippen LogP contribution < -0.4 is 11.1 Å². The predicted molar refractivity (Wildman–Crippen MR) is 60.3 cm³/mol. The van der Waals surface area contributed by atoms with E-state index in [0.29, 0.717) is 5.56 Å². The summed E-state index contributed by atoms with van der Waals surface area (Å²) in [5, 5.41) is 11.6. The van der Waals surface area contributed by atoms with Gasteiger partial charge in [-0.1, -0.05) is 0 Å². The SMILES string of the molecule is CC(CC(=O)O)Nc1ccc(C(N)=O)cc1. The maximum Gasteiger partial charge on any atom is 0.305 e. The standard InChI is InChI=1S/C11H14N2O3/c1-7(6-10(14)15)13-9-4-2-8(3-5-9)11(12)16/h2-5,7,13H,6H2,1H3,(H2,12,16)(H,14,15). The number of carbonyl (C=O) groups is 2. The van der Waals surface area contributed by atoms with Crippen LogP contribution in [0.25, 0.3) is 0 Å². The molecule has 0 radical (unpaired) electrons. The van der Waals surface area contributed by atoms with E-state index in [0.717, 1.165) is 5.69 Å². The van der Waals surface area contributed by atoms with Gasteiger partial charge in [0, 0.05) is 17.3 Å². The van der Waals surface area contributed by atoms with E-state index < -0.39 is 11.9 Å². The zero-order valence-corrected chi connectivity index (χ0v) is 8.93. The van der Waals surface area contributed by atoms with E-state index in [1.807, 2.05) is 0 Å². The molecule has 16 heavy (non-hydrogen) atoms. The number of anilines is 1. The van der Waals surface area contributed by atoms with E-state index in [1.54, 1.807) is 31.2 Å². The predicted octanol–water partition coefficient (Wildman–Crippen LogP) is 1.06. The minimum Gasteiger partial charge on any atom is -0.481 e. The average molecular weight is 222 g/mol. The summed E-state index contributed by atoms with van der Waals surface area (Å²) in [5.74, 6) is -1.33. The number of hydrogen-bond donors (Lipinski definition) is 3. The molecule has 1 amide bonds. The Hall–Kier alpha value is -2.04. The van der Waals surface area contributed by atoms with Crippen LogP contribution >= 0.6 is 0 Å². The quantitative estimate of drug-likeness (QED) is 0.694. The molecule has 0 saturated carbocycles. The van der Waals surface area contributed by atoms with E-state index in [9.17, 15) is 9.59 Å². The second kappa shape index (κ2) is 5.16. The second-order valence-electron chi connectivity index (χ2n) is 3.58. The second-order valence-corrected chi connectivity index (χ2v) is 3.58. The maximum atomic E-state index is 10.8. The molecule has 1 atom stereocenters. The van der Waals surface area contributed by atoms with Gasteiger partial charge < -0.3 is 16.2 Å². The van der Waals surface area contributed by atoms with Crippen LogP contribution in [0.4, 0.5) is 5.69 Å². The fraction of sp³-hybridized carbons (Fsp3) is 0.273. The summed E-state index contributed by atoms with van der Waals surface area (Å²) in [4.78, 5) is 21.2. The number of carboxylic acids is 1. The molecule has 86 valence electrons. The van der Waals surface area contributed by atoms with Crippen LogP contribution in [0.1, 0.15) is 23.7 Å². The molecular formula is C11H14N2O3. The Kier molecular flexibility index (Phi) is 3.88. The molecule has 0 aliphatic rings. The molecule has 1 aromatic carbocycles. The van der Waals surface area contributed by atoms with Crippen molar-refractivity contribution >= 4 is 17.6 Å². The Bertz CT molecular complexity index is 387. The van der Waals surface area contributed by atoms with Gasteiger partial charge >= 0.3 is 5.97 Å². The maximum absolute atomic E-state index is 10.8. The zero-order valence-electron chi connectivity index (χ0n) is 8.93. The van der Waals surface area contributed by atoms with Crippen molar-refractivity contribution < 1.29 is 14.7 Å². The minimum absolute atomic E-state index is 0.0393. The molecular weight excluding hydrogens is 208 g/mol. The van der Waals surface area contributed by atoms with Crippen LogP contribution in [0.15, 0.2) is 24.3 Å². The first-order valence-corrected chi connectivity index (χ1v) is 4.87. The molecule has 5 nitrogen and oxygen atoms in total. The molecule has 0 aliphatic carbocycles. The Morgan fingerprint density at radius 1 is 1.38 bits per heavy atom. The summed E-state index contributed by atoms with van der Waals surface area (Å²) in [5.41, 5.74) is 6.28. The third kappa shape index (κ3) is 3.61. The zero-order chi connectivity index (χ0) is 12.1. The van der Waals surface area contributed by atoms with Crippen molar-refractivity contribution in [1.29, 1.82) is 0 Å². The number of nitrogens with one attached hydrogen (secondary N) is 1. The number of primary amides is 1. The summed E-state index contributed by atoms with van der Waals surface area (Å²) in [6.45, 7) is 1.77. The molecule has 1 rings (SSSR count). The normalized spacial score (nSPS) is 11.8. The van der Waals surface area contributed by atoms with Gasteiger partial charge in [-0.3, -0.25) is 9.59 Å². The Labute approximate surface area is 93.3 Å². The van der Waals surface area contributed by atoms with Crippen molar-refractivity contribution in [3.8, 4) is 0 Å². The van der Waals surface area contributed by atoms with Crippen LogP contribution in [-0.2, 0) is 4.79 Å². The molecule has 0 spiro atoms. The number of amides is 1. The van der Waals surface area contributed by atoms with E-state index in [4.69, 9.17) is 10.8 Å². The number of carbonyl (C=O) groups excluding carboxylic acids is 1. The van der Waals surface area contributed by atoms with Gasteiger partial charge in [0.1, 0.15) is 0 Å². The van der Waals surface area contributed by atoms with Crippen molar-refractivity contribution in [2.75, 3.05) is 5.32 Å². The van der Waals surface area contributed by atoms with Crippen LogP contribution in [0.2, 0.25) is 0 Å². The highest BCUT2D eigenvalue weighted by molar-refractivity contribution is 5.93. The molecule has 1 unspecified atom stereocenters. The largest absolute Gasteiger partial charge is 0.481 e. The van der Waals surface area contributed by atoms with Crippen LogP contribution in [0.3, 0.4) is 0 Å². The van der Waals surface area contributed by atoms with Gasteiger partial charge in [0.15, 0.2) is 0 Å². The Morgan fingerprint density at radius 2 is 1.94 bits per heavy atom. The fourth-order valence-electron chi connectivity index (χ4n) is 1.33. The van der Waals surface area contributed by atoms with Crippen molar-refractivity contribution in [3.63, 3.8) is 0 Å². The van der Waals surface area contributed by atoms with E-state index in [-0.39, 0.29) is 12.5 Å². The minimum atomic E-state index is -0.853. The number of carboxylic acid groups (broad SMARTS) is 1. The molecule has 1 aromatic rings. The lowest BCUT2D eigenvalue weighted by atomic mass is 10.1. The number of hydrogen-bond acceptors (Lipinski definition) is 3. The molecule has 0 fully saturated rings.